The lowest BCUT2D eigenvalue weighted by Crippen LogP contribution is -2.34. The molecule has 1 aliphatic rings. The van der Waals surface area contributed by atoms with E-state index in [2.05, 4.69) is 15.4 Å². The van der Waals surface area contributed by atoms with Gasteiger partial charge in [0, 0.05) is 23.3 Å². The molecule has 0 saturated carbocycles. The van der Waals surface area contributed by atoms with E-state index in [1.807, 2.05) is 0 Å². The van der Waals surface area contributed by atoms with Crippen molar-refractivity contribution in [3.63, 3.8) is 0 Å². The number of nitro benzene ring substituents is 1. The average molecular weight is 518 g/mol. The fraction of sp³-hybridized carbons (Fsp3) is 0.105. The van der Waals surface area contributed by atoms with Crippen LogP contribution in [0.25, 0.3) is 0 Å². The van der Waals surface area contributed by atoms with Crippen LogP contribution >= 0.6 is 0 Å². The maximum Gasteiger partial charge on any atom is 0.269 e. The lowest BCUT2D eigenvalue weighted by molar-refractivity contribution is -0.384. The summed E-state index contributed by atoms with van der Waals surface area (Å²) < 4.78 is 51.3. The third-order valence-electron chi connectivity index (χ3n) is 4.86. The summed E-state index contributed by atoms with van der Waals surface area (Å²) in [5.41, 5.74) is -2.63. The van der Waals surface area contributed by atoms with Gasteiger partial charge in [-0.1, -0.05) is 29.4 Å². The Kier molecular flexibility index (Phi) is 5.56. The SMILES string of the molecule is CS(=O)(=O)n1c2c(n(S(C)(=O)=O)c1=NN=Nc1ccc([N+](=O)[O-])cc1)C(=O)c1ccccc1C2=O. The molecule has 4 rings (SSSR count). The van der Waals surface area contributed by atoms with E-state index in [0.717, 1.165) is 12.1 Å². The van der Waals surface area contributed by atoms with Gasteiger partial charge in [0.05, 0.1) is 23.1 Å². The average Bonchev–Trinajstić information content (AvgIpc) is 3.14. The van der Waals surface area contributed by atoms with E-state index in [1.165, 1.54) is 36.4 Å². The number of ketones is 2. The molecule has 0 amide bonds. The molecule has 0 bridgehead atoms. The molecule has 16 heteroatoms. The highest BCUT2D eigenvalue weighted by atomic mass is 32.2. The highest BCUT2D eigenvalue weighted by Crippen LogP contribution is 2.28. The van der Waals surface area contributed by atoms with Crippen LogP contribution in [0, 0.1) is 10.1 Å². The van der Waals surface area contributed by atoms with E-state index in [1.54, 1.807) is 0 Å². The molecule has 1 aliphatic carbocycles. The molecule has 1 aromatic heterocycles. The van der Waals surface area contributed by atoms with Crippen molar-refractivity contribution in [1.82, 2.24) is 7.94 Å². The van der Waals surface area contributed by atoms with E-state index in [-0.39, 0.29) is 22.5 Å². The molecule has 1 heterocycles. The second-order valence-electron chi connectivity index (χ2n) is 7.32. The van der Waals surface area contributed by atoms with Crippen molar-refractivity contribution in [2.75, 3.05) is 12.5 Å². The quantitative estimate of drug-likeness (QED) is 0.213. The first-order chi connectivity index (χ1) is 16.3. The van der Waals surface area contributed by atoms with Gasteiger partial charge in [0.15, 0.2) is 0 Å². The van der Waals surface area contributed by atoms with Crippen molar-refractivity contribution >= 4 is 43.0 Å². The van der Waals surface area contributed by atoms with Crippen LogP contribution in [0.2, 0.25) is 0 Å². The standard InChI is InChI=1S/C19H14N6O8S2/c1-34(30,31)23-15-16(18(27)14-6-4-3-5-13(14)17(15)26)24(35(2,32)33)19(23)21-22-20-11-7-9-12(10-8-11)25(28)29/h3-10H,1-2H3. The number of non-ortho nitro benzene ring substituents is 1. The number of carbonyl (C=O) groups is 2. The Labute approximate surface area is 197 Å². The minimum absolute atomic E-state index is 0.0760. The molecule has 0 spiro atoms. The zero-order valence-electron chi connectivity index (χ0n) is 17.9. The van der Waals surface area contributed by atoms with Gasteiger partial charge < -0.3 is 0 Å². The van der Waals surface area contributed by atoms with Gasteiger partial charge in [-0.15, -0.1) is 5.11 Å². The number of hydrogen-bond donors (Lipinski definition) is 0. The first-order valence-corrected chi connectivity index (χ1v) is 13.2. The van der Waals surface area contributed by atoms with Crippen LogP contribution in [-0.4, -0.2) is 53.8 Å². The molecule has 3 aromatic rings. The van der Waals surface area contributed by atoms with Crippen molar-refractivity contribution in [2.24, 2.45) is 15.4 Å². The molecular formula is C19H14N6O8S2. The summed E-state index contributed by atoms with van der Waals surface area (Å²) in [7, 11) is -8.79. The molecule has 0 N–H and O–H groups in total. The van der Waals surface area contributed by atoms with Gasteiger partial charge in [0.25, 0.3) is 11.3 Å². The van der Waals surface area contributed by atoms with Crippen LogP contribution < -0.4 is 5.62 Å². The van der Waals surface area contributed by atoms with Gasteiger partial charge in [-0.2, -0.15) is 7.94 Å². The van der Waals surface area contributed by atoms with Crippen LogP contribution in [0.4, 0.5) is 11.4 Å². The normalized spacial score (nSPS) is 13.5. The fourth-order valence-electron chi connectivity index (χ4n) is 3.47. The number of nitrogens with zero attached hydrogens (tertiary/aromatic N) is 6. The fourth-order valence-corrected chi connectivity index (χ4v) is 5.36. The van der Waals surface area contributed by atoms with Crippen LogP contribution in [0.1, 0.15) is 32.1 Å². The van der Waals surface area contributed by atoms with Crippen molar-refractivity contribution < 1.29 is 31.3 Å². The van der Waals surface area contributed by atoms with Crippen LogP contribution in [0.15, 0.2) is 64.0 Å². The monoisotopic (exact) mass is 518 g/mol. The lowest BCUT2D eigenvalue weighted by atomic mass is 9.90. The van der Waals surface area contributed by atoms with E-state index in [9.17, 15) is 36.5 Å². The summed E-state index contributed by atoms with van der Waals surface area (Å²) in [6.45, 7) is 0. The third-order valence-corrected chi connectivity index (χ3v) is 6.88. The van der Waals surface area contributed by atoms with Crippen molar-refractivity contribution in [2.45, 2.75) is 0 Å². The van der Waals surface area contributed by atoms with Crippen LogP contribution in [0.5, 0.6) is 0 Å². The summed E-state index contributed by atoms with van der Waals surface area (Å²) in [5.74, 6) is -1.79. The number of aromatic nitrogens is 2. The minimum Gasteiger partial charge on any atom is -0.287 e. The predicted octanol–water partition coefficient (Wildman–Crippen LogP) is 1.19. The Morgan fingerprint density at radius 2 is 1.26 bits per heavy atom. The molecule has 0 unspecified atom stereocenters. The highest BCUT2D eigenvalue weighted by molar-refractivity contribution is 7.90. The van der Waals surface area contributed by atoms with Gasteiger partial charge in [0.1, 0.15) is 11.4 Å². The van der Waals surface area contributed by atoms with Crippen molar-refractivity contribution in [3.8, 4) is 0 Å². The molecular weight excluding hydrogens is 504 g/mol. The number of nitro groups is 1. The topological polar surface area (TPSA) is 192 Å². The van der Waals surface area contributed by atoms with Gasteiger partial charge in [-0.25, -0.2) is 16.8 Å². The van der Waals surface area contributed by atoms with Crippen molar-refractivity contribution in [1.29, 1.82) is 0 Å². The van der Waals surface area contributed by atoms with E-state index in [0.29, 0.717) is 20.5 Å². The zero-order valence-corrected chi connectivity index (χ0v) is 19.5. The summed E-state index contributed by atoms with van der Waals surface area (Å²) in [4.78, 5) is 36.5. The maximum absolute atomic E-state index is 13.2. The Morgan fingerprint density at radius 3 is 1.66 bits per heavy atom. The number of carbonyl (C=O) groups excluding carboxylic acids is 2. The molecule has 14 nitrogen and oxygen atoms in total. The van der Waals surface area contributed by atoms with Gasteiger partial charge >= 0.3 is 0 Å². The molecule has 0 aliphatic heterocycles. The number of fused-ring (bicyclic) bond motifs is 2. The second-order valence-corrected chi connectivity index (χ2v) is 11.0. The molecule has 2 aromatic carbocycles. The predicted molar refractivity (Wildman–Crippen MR) is 119 cm³/mol. The number of hydrogen-bond acceptors (Lipinski definition) is 10. The van der Waals surface area contributed by atoms with Gasteiger partial charge in [-0.3, -0.25) is 19.7 Å². The first-order valence-electron chi connectivity index (χ1n) is 9.49. The molecule has 0 atom stereocenters. The summed E-state index contributed by atoms with van der Waals surface area (Å²) >= 11 is 0. The minimum atomic E-state index is -4.40. The third kappa shape index (κ3) is 4.08. The molecule has 0 radical (unpaired) electrons. The van der Waals surface area contributed by atoms with Gasteiger partial charge in [0.2, 0.25) is 31.6 Å². The molecule has 35 heavy (non-hydrogen) atoms. The maximum atomic E-state index is 13.2. The number of rotatable bonds is 5. The Bertz CT molecular complexity index is 1660. The molecule has 180 valence electrons. The first kappa shape index (κ1) is 23.8. The molecule has 0 fully saturated rings. The Morgan fingerprint density at radius 1 is 0.800 bits per heavy atom. The number of benzene rings is 2. The lowest BCUT2D eigenvalue weighted by Gasteiger charge is -2.16. The van der Waals surface area contributed by atoms with E-state index >= 15 is 0 Å². The van der Waals surface area contributed by atoms with E-state index < -0.39 is 53.5 Å². The van der Waals surface area contributed by atoms with Crippen molar-refractivity contribution in [3.05, 3.63) is 86.8 Å². The highest BCUT2D eigenvalue weighted by Gasteiger charge is 2.41. The smallest absolute Gasteiger partial charge is 0.269 e. The largest absolute Gasteiger partial charge is 0.287 e. The number of imidazole rings is 1. The summed E-state index contributed by atoms with van der Waals surface area (Å²) in [6.07, 6.45) is 1.40. The molecule has 0 saturated heterocycles. The van der Waals surface area contributed by atoms with Crippen LogP contribution in [-0.2, 0) is 20.0 Å². The Hall–Kier alpha value is -4.31. The van der Waals surface area contributed by atoms with Gasteiger partial charge in [-0.05, 0) is 17.4 Å². The Balaban J connectivity index is 2.03. The second kappa shape index (κ2) is 8.17. The zero-order chi connectivity index (χ0) is 25.7. The summed E-state index contributed by atoms with van der Waals surface area (Å²) in [6, 6.07) is 10.3. The summed E-state index contributed by atoms with van der Waals surface area (Å²) in [5, 5.41) is 21.5. The van der Waals surface area contributed by atoms with E-state index in [4.69, 9.17) is 0 Å². The van der Waals surface area contributed by atoms with Crippen LogP contribution in [0.3, 0.4) is 0 Å².